The molecule has 0 N–H and O–H groups in total. The Morgan fingerprint density at radius 2 is 2.07 bits per heavy atom. The summed E-state index contributed by atoms with van der Waals surface area (Å²) in [7, 11) is -3.27. The molecule has 1 aromatic rings. The van der Waals surface area contributed by atoms with Crippen LogP contribution in [0.1, 0.15) is 16.2 Å². The van der Waals surface area contributed by atoms with Gasteiger partial charge < -0.3 is 0 Å². The van der Waals surface area contributed by atoms with Crippen LogP contribution in [0.25, 0.3) is 0 Å². The van der Waals surface area contributed by atoms with E-state index in [4.69, 9.17) is 0 Å². The Labute approximate surface area is 82.9 Å². The third-order valence-electron chi connectivity index (χ3n) is 1.57. The summed E-state index contributed by atoms with van der Waals surface area (Å²) in [6.45, 7) is 1.75. The molecule has 0 atom stereocenters. The van der Waals surface area contributed by atoms with Gasteiger partial charge >= 0.3 is 0 Å². The third-order valence-corrected chi connectivity index (χ3v) is 2.35. The first-order valence-electron chi connectivity index (χ1n) is 4.03. The molecule has 5 heteroatoms. The highest BCUT2D eigenvalue weighted by Crippen LogP contribution is 2.01. The Morgan fingerprint density at radius 3 is 2.57 bits per heavy atom. The SMILES string of the molecule is Cc1cccc(C(=O)CS(C)(=O)=O)n1. The van der Waals surface area contributed by atoms with Crippen molar-refractivity contribution in [3.05, 3.63) is 29.6 Å². The Kier molecular flexibility index (Phi) is 3.00. The molecule has 14 heavy (non-hydrogen) atoms. The van der Waals surface area contributed by atoms with Crippen LogP contribution < -0.4 is 0 Å². The lowest BCUT2D eigenvalue weighted by Gasteiger charge is -1.99. The predicted octanol–water partition coefficient (Wildman–Crippen LogP) is 0.617. The molecule has 0 unspecified atom stereocenters. The van der Waals surface area contributed by atoms with Gasteiger partial charge in [0.25, 0.3) is 0 Å². The average molecular weight is 213 g/mol. The molecule has 0 amide bonds. The predicted molar refractivity (Wildman–Crippen MR) is 53.0 cm³/mol. The van der Waals surface area contributed by atoms with Crippen LogP contribution in [-0.2, 0) is 9.84 Å². The van der Waals surface area contributed by atoms with E-state index in [1.807, 2.05) is 0 Å². The number of Topliss-reactive ketones (excluding diaryl/α,β-unsaturated/α-hetero) is 1. The number of aryl methyl sites for hydroxylation is 1. The number of rotatable bonds is 3. The van der Waals surface area contributed by atoms with Crippen molar-refractivity contribution in [1.29, 1.82) is 0 Å². The molecular formula is C9H11NO3S. The fourth-order valence-corrected chi connectivity index (χ4v) is 1.63. The Morgan fingerprint density at radius 1 is 1.43 bits per heavy atom. The van der Waals surface area contributed by atoms with Crippen molar-refractivity contribution < 1.29 is 13.2 Å². The summed E-state index contributed by atoms with van der Waals surface area (Å²) < 4.78 is 21.7. The van der Waals surface area contributed by atoms with Gasteiger partial charge in [-0.05, 0) is 19.1 Å². The third kappa shape index (κ3) is 3.26. The summed E-state index contributed by atoms with van der Waals surface area (Å²) in [5.74, 6) is -0.945. The average Bonchev–Trinajstić information content (AvgIpc) is 2.01. The highest BCUT2D eigenvalue weighted by molar-refractivity contribution is 7.91. The first-order valence-corrected chi connectivity index (χ1v) is 6.09. The summed E-state index contributed by atoms with van der Waals surface area (Å²) >= 11 is 0. The molecule has 1 aromatic heterocycles. The standard InChI is InChI=1S/C9H11NO3S/c1-7-4-3-5-8(10-7)9(11)6-14(2,12)13/h3-5H,6H2,1-2H3. The molecule has 0 aliphatic rings. The van der Waals surface area contributed by atoms with Gasteiger partial charge in [0, 0.05) is 11.9 Å². The van der Waals surface area contributed by atoms with E-state index in [0.29, 0.717) is 5.69 Å². The number of sulfone groups is 1. The molecule has 0 saturated carbocycles. The number of hydrogen-bond donors (Lipinski definition) is 0. The maximum atomic E-state index is 11.4. The lowest BCUT2D eigenvalue weighted by atomic mass is 10.2. The second kappa shape index (κ2) is 3.88. The first-order chi connectivity index (χ1) is 6.38. The quantitative estimate of drug-likeness (QED) is 0.690. The van der Waals surface area contributed by atoms with E-state index < -0.39 is 21.4 Å². The van der Waals surface area contributed by atoms with E-state index in [0.717, 1.165) is 6.26 Å². The lowest BCUT2D eigenvalue weighted by molar-refractivity contribution is 0.101. The van der Waals surface area contributed by atoms with Gasteiger partial charge in [0.15, 0.2) is 15.6 Å². The summed E-state index contributed by atoms with van der Waals surface area (Å²) in [5.41, 5.74) is 0.903. The second-order valence-electron chi connectivity index (χ2n) is 3.16. The maximum absolute atomic E-state index is 11.4. The molecule has 0 saturated heterocycles. The molecule has 0 fully saturated rings. The van der Waals surface area contributed by atoms with E-state index in [-0.39, 0.29) is 5.69 Å². The molecule has 0 aromatic carbocycles. The number of ketones is 1. The molecule has 1 heterocycles. The summed E-state index contributed by atoms with van der Waals surface area (Å²) in [4.78, 5) is 15.3. The topological polar surface area (TPSA) is 64.1 Å². The van der Waals surface area contributed by atoms with Gasteiger partial charge in [0.05, 0.1) is 0 Å². The monoisotopic (exact) mass is 213 g/mol. The van der Waals surface area contributed by atoms with Crippen molar-refractivity contribution in [2.45, 2.75) is 6.92 Å². The number of pyridine rings is 1. The summed E-state index contributed by atoms with van der Waals surface area (Å²) in [6, 6.07) is 4.94. The van der Waals surface area contributed by atoms with Gasteiger partial charge in [-0.3, -0.25) is 4.79 Å². The van der Waals surface area contributed by atoms with Crippen LogP contribution in [0.5, 0.6) is 0 Å². The van der Waals surface area contributed by atoms with Gasteiger partial charge in [-0.25, -0.2) is 13.4 Å². The molecule has 0 aliphatic heterocycles. The summed E-state index contributed by atoms with van der Waals surface area (Å²) in [6.07, 6.45) is 1.03. The van der Waals surface area contributed by atoms with Crippen molar-refractivity contribution in [1.82, 2.24) is 4.98 Å². The van der Waals surface area contributed by atoms with Crippen LogP contribution in [0, 0.1) is 6.92 Å². The zero-order valence-corrected chi connectivity index (χ0v) is 8.84. The number of nitrogens with zero attached hydrogens (tertiary/aromatic N) is 1. The molecule has 4 nitrogen and oxygen atoms in total. The Hall–Kier alpha value is -1.23. The van der Waals surface area contributed by atoms with E-state index in [1.54, 1.807) is 19.1 Å². The van der Waals surface area contributed by atoms with E-state index in [1.165, 1.54) is 6.07 Å². The fraction of sp³-hybridized carbons (Fsp3) is 0.333. The highest BCUT2D eigenvalue weighted by Gasteiger charge is 2.13. The largest absolute Gasteiger partial charge is 0.291 e. The lowest BCUT2D eigenvalue weighted by Crippen LogP contribution is -2.15. The van der Waals surface area contributed by atoms with Crippen LogP contribution in [0.15, 0.2) is 18.2 Å². The number of carbonyl (C=O) groups excluding carboxylic acids is 1. The minimum atomic E-state index is -3.27. The van der Waals surface area contributed by atoms with Gasteiger partial charge in [-0.1, -0.05) is 6.07 Å². The number of aromatic nitrogens is 1. The molecule has 0 radical (unpaired) electrons. The highest BCUT2D eigenvalue weighted by atomic mass is 32.2. The number of carbonyl (C=O) groups is 1. The zero-order chi connectivity index (χ0) is 10.8. The van der Waals surface area contributed by atoms with Gasteiger partial charge in [0.2, 0.25) is 0 Å². The Bertz CT molecular complexity index is 451. The number of hydrogen-bond acceptors (Lipinski definition) is 4. The van der Waals surface area contributed by atoms with E-state index in [2.05, 4.69) is 4.98 Å². The van der Waals surface area contributed by atoms with E-state index in [9.17, 15) is 13.2 Å². The van der Waals surface area contributed by atoms with Gasteiger partial charge in [-0.2, -0.15) is 0 Å². The first kappa shape index (κ1) is 10.8. The smallest absolute Gasteiger partial charge is 0.196 e. The van der Waals surface area contributed by atoms with Crippen LogP contribution in [-0.4, -0.2) is 31.2 Å². The molecule has 76 valence electrons. The molecule has 0 spiro atoms. The van der Waals surface area contributed by atoms with E-state index >= 15 is 0 Å². The Balaban J connectivity index is 2.91. The molecule has 0 bridgehead atoms. The maximum Gasteiger partial charge on any atom is 0.196 e. The summed E-state index contributed by atoms with van der Waals surface area (Å²) in [5, 5.41) is 0. The second-order valence-corrected chi connectivity index (χ2v) is 5.30. The van der Waals surface area contributed by atoms with Crippen LogP contribution >= 0.6 is 0 Å². The van der Waals surface area contributed by atoms with Crippen molar-refractivity contribution in [3.8, 4) is 0 Å². The van der Waals surface area contributed by atoms with Crippen molar-refractivity contribution >= 4 is 15.6 Å². The van der Waals surface area contributed by atoms with Crippen LogP contribution in [0.3, 0.4) is 0 Å². The minimum absolute atomic E-state index is 0.204. The van der Waals surface area contributed by atoms with Crippen molar-refractivity contribution in [2.75, 3.05) is 12.0 Å². The normalized spacial score (nSPS) is 11.3. The van der Waals surface area contributed by atoms with Crippen LogP contribution in [0.2, 0.25) is 0 Å². The zero-order valence-electron chi connectivity index (χ0n) is 8.02. The van der Waals surface area contributed by atoms with Crippen molar-refractivity contribution in [3.63, 3.8) is 0 Å². The minimum Gasteiger partial charge on any atom is -0.291 e. The molecule has 0 aliphatic carbocycles. The van der Waals surface area contributed by atoms with Gasteiger partial charge in [-0.15, -0.1) is 0 Å². The van der Waals surface area contributed by atoms with Crippen LogP contribution in [0.4, 0.5) is 0 Å². The van der Waals surface area contributed by atoms with Gasteiger partial charge in [0.1, 0.15) is 11.4 Å². The fourth-order valence-electron chi connectivity index (χ4n) is 1.01. The molecule has 1 rings (SSSR count). The molecular weight excluding hydrogens is 202 g/mol. The van der Waals surface area contributed by atoms with Crippen molar-refractivity contribution in [2.24, 2.45) is 0 Å².